The van der Waals surface area contributed by atoms with E-state index in [0.29, 0.717) is 5.92 Å². The highest BCUT2D eigenvalue weighted by Crippen LogP contribution is 2.43. The molecule has 0 atom stereocenters. The van der Waals surface area contributed by atoms with Crippen LogP contribution in [0.2, 0.25) is 0 Å². The first-order chi connectivity index (χ1) is 11.9. The molecule has 0 amide bonds. The van der Waals surface area contributed by atoms with Crippen molar-refractivity contribution in [3.05, 3.63) is 17.7 Å². The van der Waals surface area contributed by atoms with E-state index in [1.54, 1.807) is 28.4 Å². The number of piperidine rings is 1. The van der Waals surface area contributed by atoms with Gasteiger partial charge in [0.15, 0.2) is 0 Å². The minimum Gasteiger partial charge on any atom is -0.496 e. The Kier molecular flexibility index (Phi) is 6.96. The molecule has 5 nitrogen and oxygen atoms in total. The second-order valence-corrected chi connectivity index (χ2v) is 7.28. The molecule has 1 fully saturated rings. The molecule has 1 aromatic rings. The number of ether oxygens (including phenoxy) is 4. The average molecular weight is 351 g/mol. The fourth-order valence-corrected chi connectivity index (χ4v) is 3.41. The van der Waals surface area contributed by atoms with Crippen LogP contribution in [0, 0.1) is 0 Å². The fourth-order valence-electron chi connectivity index (χ4n) is 3.41. The maximum absolute atomic E-state index is 5.63. The SMILES string of the molecule is COc1cc(OC)c(C2CCN(CCC(C)(C)OC)CC2)c(OC)c1. The van der Waals surface area contributed by atoms with Crippen molar-refractivity contribution >= 4 is 0 Å². The third kappa shape index (κ3) is 5.02. The Labute approximate surface area is 152 Å². The van der Waals surface area contributed by atoms with Gasteiger partial charge in [0.05, 0.1) is 26.9 Å². The van der Waals surface area contributed by atoms with Gasteiger partial charge in [0.25, 0.3) is 0 Å². The van der Waals surface area contributed by atoms with Crippen molar-refractivity contribution in [3.8, 4) is 17.2 Å². The first-order valence-electron chi connectivity index (χ1n) is 9.01. The average Bonchev–Trinajstić information content (AvgIpc) is 2.65. The zero-order valence-corrected chi connectivity index (χ0v) is 16.6. The van der Waals surface area contributed by atoms with Crippen LogP contribution < -0.4 is 14.2 Å². The van der Waals surface area contributed by atoms with Crippen LogP contribution in [0.15, 0.2) is 12.1 Å². The second kappa shape index (κ2) is 8.77. The number of benzene rings is 1. The van der Waals surface area contributed by atoms with Gasteiger partial charge in [-0.3, -0.25) is 0 Å². The molecular formula is C20H33NO4. The molecule has 1 aromatic carbocycles. The maximum atomic E-state index is 5.63. The first kappa shape index (κ1) is 19.9. The molecule has 1 saturated heterocycles. The summed E-state index contributed by atoms with van der Waals surface area (Å²) >= 11 is 0. The fraction of sp³-hybridized carbons (Fsp3) is 0.700. The first-order valence-corrected chi connectivity index (χ1v) is 9.01. The summed E-state index contributed by atoms with van der Waals surface area (Å²) in [5.74, 6) is 2.92. The van der Waals surface area contributed by atoms with Crippen molar-refractivity contribution in [3.63, 3.8) is 0 Å². The largest absolute Gasteiger partial charge is 0.496 e. The van der Waals surface area contributed by atoms with Crippen LogP contribution in [0.25, 0.3) is 0 Å². The molecular weight excluding hydrogens is 318 g/mol. The standard InChI is InChI=1S/C20H33NO4/c1-20(2,25-6)9-12-21-10-7-15(8-11-21)19-17(23-4)13-16(22-3)14-18(19)24-5/h13-15H,7-12H2,1-6H3. The second-order valence-electron chi connectivity index (χ2n) is 7.28. The number of hydrogen-bond donors (Lipinski definition) is 0. The number of hydrogen-bond acceptors (Lipinski definition) is 5. The van der Waals surface area contributed by atoms with Gasteiger partial charge in [0.2, 0.25) is 0 Å². The van der Waals surface area contributed by atoms with E-state index in [4.69, 9.17) is 18.9 Å². The summed E-state index contributed by atoms with van der Waals surface area (Å²) in [6.07, 6.45) is 3.25. The third-order valence-corrected chi connectivity index (χ3v) is 5.33. The molecule has 0 unspecified atom stereocenters. The Morgan fingerprint density at radius 3 is 1.96 bits per heavy atom. The summed E-state index contributed by atoms with van der Waals surface area (Å²) in [5.41, 5.74) is 1.11. The topological polar surface area (TPSA) is 40.2 Å². The smallest absolute Gasteiger partial charge is 0.129 e. The molecule has 25 heavy (non-hydrogen) atoms. The molecule has 0 aliphatic carbocycles. The summed E-state index contributed by atoms with van der Waals surface area (Å²) < 4.78 is 22.1. The number of methoxy groups -OCH3 is 4. The van der Waals surface area contributed by atoms with Crippen molar-refractivity contribution in [1.82, 2.24) is 4.90 Å². The lowest BCUT2D eigenvalue weighted by Crippen LogP contribution is -2.37. The van der Waals surface area contributed by atoms with Crippen LogP contribution in [-0.2, 0) is 4.74 Å². The van der Waals surface area contributed by atoms with E-state index in [-0.39, 0.29) is 5.60 Å². The van der Waals surface area contributed by atoms with Gasteiger partial charge in [-0.1, -0.05) is 0 Å². The highest BCUT2D eigenvalue weighted by Gasteiger charge is 2.28. The van der Waals surface area contributed by atoms with Crippen LogP contribution in [-0.4, -0.2) is 58.6 Å². The number of rotatable bonds is 8. The van der Waals surface area contributed by atoms with Gasteiger partial charge in [-0.2, -0.15) is 0 Å². The van der Waals surface area contributed by atoms with Gasteiger partial charge in [-0.05, 0) is 52.1 Å². The minimum atomic E-state index is -0.0563. The normalized spacial score (nSPS) is 16.7. The van der Waals surface area contributed by atoms with Crippen molar-refractivity contribution in [2.45, 2.75) is 44.6 Å². The van der Waals surface area contributed by atoms with E-state index in [1.807, 2.05) is 12.1 Å². The Hall–Kier alpha value is -1.46. The van der Waals surface area contributed by atoms with E-state index < -0.39 is 0 Å². The zero-order chi connectivity index (χ0) is 18.4. The summed E-state index contributed by atoms with van der Waals surface area (Å²) in [6, 6.07) is 3.90. The highest BCUT2D eigenvalue weighted by atomic mass is 16.5. The van der Waals surface area contributed by atoms with Crippen LogP contribution in [0.1, 0.15) is 44.6 Å². The Morgan fingerprint density at radius 2 is 1.52 bits per heavy atom. The van der Waals surface area contributed by atoms with E-state index in [2.05, 4.69) is 18.7 Å². The van der Waals surface area contributed by atoms with Crippen LogP contribution in [0.3, 0.4) is 0 Å². The van der Waals surface area contributed by atoms with Gasteiger partial charge in [0, 0.05) is 31.4 Å². The van der Waals surface area contributed by atoms with Crippen molar-refractivity contribution in [2.24, 2.45) is 0 Å². The highest BCUT2D eigenvalue weighted by molar-refractivity contribution is 5.52. The molecule has 142 valence electrons. The lowest BCUT2D eigenvalue weighted by atomic mass is 9.87. The van der Waals surface area contributed by atoms with Gasteiger partial charge < -0.3 is 23.8 Å². The van der Waals surface area contributed by atoms with E-state index in [0.717, 1.165) is 56.1 Å². The molecule has 0 aromatic heterocycles. The Morgan fingerprint density at radius 1 is 0.960 bits per heavy atom. The Bertz CT molecular complexity index is 526. The summed E-state index contributed by atoms with van der Waals surface area (Å²) in [7, 11) is 6.86. The monoisotopic (exact) mass is 351 g/mol. The van der Waals surface area contributed by atoms with Gasteiger partial charge in [-0.25, -0.2) is 0 Å². The molecule has 0 radical (unpaired) electrons. The van der Waals surface area contributed by atoms with E-state index in [1.165, 1.54) is 5.56 Å². The predicted molar refractivity (Wildman–Crippen MR) is 100 cm³/mol. The molecule has 5 heteroatoms. The number of nitrogens with zero attached hydrogens (tertiary/aromatic N) is 1. The molecule has 1 aliphatic rings. The lowest BCUT2D eigenvalue weighted by molar-refractivity contribution is 0.00569. The van der Waals surface area contributed by atoms with Crippen LogP contribution in [0.4, 0.5) is 0 Å². The molecule has 0 bridgehead atoms. The van der Waals surface area contributed by atoms with Gasteiger partial charge in [-0.15, -0.1) is 0 Å². The zero-order valence-electron chi connectivity index (χ0n) is 16.6. The van der Waals surface area contributed by atoms with Crippen LogP contribution in [0.5, 0.6) is 17.2 Å². The van der Waals surface area contributed by atoms with E-state index in [9.17, 15) is 0 Å². The molecule has 2 rings (SSSR count). The lowest BCUT2D eigenvalue weighted by Gasteiger charge is -2.35. The predicted octanol–water partition coefficient (Wildman–Crippen LogP) is 3.71. The molecule has 1 aliphatic heterocycles. The van der Waals surface area contributed by atoms with Gasteiger partial charge in [0.1, 0.15) is 17.2 Å². The third-order valence-electron chi connectivity index (χ3n) is 5.33. The van der Waals surface area contributed by atoms with Crippen molar-refractivity contribution < 1.29 is 18.9 Å². The molecule has 0 N–H and O–H groups in total. The molecule has 0 saturated carbocycles. The maximum Gasteiger partial charge on any atom is 0.129 e. The molecule has 0 spiro atoms. The minimum absolute atomic E-state index is 0.0563. The summed E-state index contributed by atoms with van der Waals surface area (Å²) in [4.78, 5) is 2.53. The van der Waals surface area contributed by atoms with Crippen molar-refractivity contribution in [2.75, 3.05) is 48.1 Å². The summed E-state index contributed by atoms with van der Waals surface area (Å²) in [5, 5.41) is 0. The van der Waals surface area contributed by atoms with Gasteiger partial charge >= 0.3 is 0 Å². The van der Waals surface area contributed by atoms with Crippen LogP contribution >= 0.6 is 0 Å². The van der Waals surface area contributed by atoms with Crippen molar-refractivity contribution in [1.29, 1.82) is 0 Å². The van der Waals surface area contributed by atoms with E-state index >= 15 is 0 Å². The Balaban J connectivity index is 2.05. The number of likely N-dealkylation sites (tertiary alicyclic amines) is 1. The molecule has 1 heterocycles. The summed E-state index contributed by atoms with van der Waals surface area (Å²) in [6.45, 7) is 7.54. The quantitative estimate of drug-likeness (QED) is 0.714.